The van der Waals surface area contributed by atoms with Gasteiger partial charge >= 0.3 is 0 Å². The van der Waals surface area contributed by atoms with Gasteiger partial charge in [0.25, 0.3) is 0 Å². The number of halogens is 1. The molecular formula is C22H18BrN3. The van der Waals surface area contributed by atoms with Gasteiger partial charge in [-0.2, -0.15) is 0 Å². The summed E-state index contributed by atoms with van der Waals surface area (Å²) in [5.74, 6) is 0.984. The second-order valence-corrected chi connectivity index (χ2v) is 6.92. The van der Waals surface area contributed by atoms with Gasteiger partial charge < -0.3 is 5.32 Å². The van der Waals surface area contributed by atoms with Crippen LogP contribution in [0.1, 0.15) is 16.8 Å². The van der Waals surface area contributed by atoms with Crippen molar-refractivity contribution in [3.05, 3.63) is 100 Å². The summed E-state index contributed by atoms with van der Waals surface area (Å²) in [7, 11) is 0. The van der Waals surface area contributed by atoms with Gasteiger partial charge in [0.2, 0.25) is 0 Å². The molecule has 4 rings (SSSR count). The van der Waals surface area contributed by atoms with Gasteiger partial charge in [-0.1, -0.05) is 66.7 Å². The van der Waals surface area contributed by atoms with Gasteiger partial charge in [-0.3, -0.25) is 4.40 Å². The Morgan fingerprint density at radius 1 is 0.885 bits per heavy atom. The predicted octanol–water partition coefficient (Wildman–Crippen LogP) is 5.88. The highest BCUT2D eigenvalue weighted by atomic mass is 79.9. The van der Waals surface area contributed by atoms with Crippen molar-refractivity contribution < 1.29 is 0 Å². The zero-order valence-electron chi connectivity index (χ0n) is 14.1. The smallest absolute Gasteiger partial charge is 0.139 e. The largest absolute Gasteiger partial charge is 0.365 e. The van der Waals surface area contributed by atoms with Gasteiger partial charge in [0.1, 0.15) is 17.2 Å². The van der Waals surface area contributed by atoms with E-state index >= 15 is 0 Å². The van der Waals surface area contributed by atoms with Crippen molar-refractivity contribution in [2.24, 2.45) is 0 Å². The van der Waals surface area contributed by atoms with Crippen LogP contribution in [0.4, 0.5) is 5.82 Å². The third kappa shape index (κ3) is 3.70. The number of imidazole rings is 1. The second kappa shape index (κ2) is 7.58. The van der Waals surface area contributed by atoms with E-state index in [0.29, 0.717) is 0 Å². The molecule has 0 aliphatic carbocycles. The minimum Gasteiger partial charge on any atom is -0.365 e. The van der Waals surface area contributed by atoms with Crippen LogP contribution in [0, 0.1) is 0 Å². The van der Waals surface area contributed by atoms with Crippen LogP contribution in [0.2, 0.25) is 0 Å². The number of hydrogen-bond acceptors (Lipinski definition) is 2. The molecule has 0 aliphatic rings. The molecule has 0 aliphatic heterocycles. The molecule has 0 spiro atoms. The zero-order valence-corrected chi connectivity index (χ0v) is 15.7. The number of nitrogens with one attached hydrogen (secondary N) is 1. The Bertz CT molecular complexity index is 1040. The quantitative estimate of drug-likeness (QED) is 0.450. The van der Waals surface area contributed by atoms with Crippen LogP contribution in [0.5, 0.6) is 0 Å². The third-order valence-corrected chi connectivity index (χ3v) is 4.61. The summed E-state index contributed by atoms with van der Waals surface area (Å²) in [6.07, 6.45) is 6.18. The molecule has 2 heterocycles. The average molecular weight is 404 g/mol. The van der Waals surface area contributed by atoms with Crippen molar-refractivity contribution in [2.45, 2.75) is 6.54 Å². The molecule has 2 aromatic heterocycles. The van der Waals surface area contributed by atoms with Crippen LogP contribution in [-0.2, 0) is 6.54 Å². The van der Waals surface area contributed by atoms with Gasteiger partial charge in [-0.15, -0.1) is 0 Å². The fraction of sp³-hybridized carbons (Fsp3) is 0.0455. The highest BCUT2D eigenvalue weighted by molar-refractivity contribution is 9.10. The Morgan fingerprint density at radius 2 is 1.62 bits per heavy atom. The van der Waals surface area contributed by atoms with Crippen LogP contribution in [0.3, 0.4) is 0 Å². The summed E-state index contributed by atoms with van der Waals surface area (Å²) in [5.41, 5.74) is 4.22. The standard InChI is InChI=1S/C22H18BrN3/c23-19-12-14-21-25-20(13-11-17-7-3-1-4-8-17)22(26(21)16-19)24-15-18-9-5-2-6-10-18/h1-14,16,24H,15H2/b13-11+. The first-order valence-corrected chi connectivity index (χ1v) is 9.27. The summed E-state index contributed by atoms with van der Waals surface area (Å²) in [5, 5.41) is 3.54. The topological polar surface area (TPSA) is 29.3 Å². The number of hydrogen-bond donors (Lipinski definition) is 1. The number of fused-ring (bicyclic) bond motifs is 1. The van der Waals surface area contributed by atoms with Crippen molar-refractivity contribution in [3.63, 3.8) is 0 Å². The molecule has 26 heavy (non-hydrogen) atoms. The van der Waals surface area contributed by atoms with Crippen LogP contribution >= 0.6 is 15.9 Å². The molecule has 0 saturated carbocycles. The fourth-order valence-electron chi connectivity index (χ4n) is 2.85. The summed E-state index contributed by atoms with van der Waals surface area (Å²) < 4.78 is 3.10. The van der Waals surface area contributed by atoms with E-state index in [-0.39, 0.29) is 0 Å². The fourth-order valence-corrected chi connectivity index (χ4v) is 3.19. The first kappa shape index (κ1) is 16.6. The van der Waals surface area contributed by atoms with Gasteiger partial charge in [-0.25, -0.2) is 4.98 Å². The Kier molecular flexibility index (Phi) is 4.84. The van der Waals surface area contributed by atoms with E-state index in [1.807, 2.05) is 42.6 Å². The highest BCUT2D eigenvalue weighted by Crippen LogP contribution is 2.23. The number of rotatable bonds is 5. The Morgan fingerprint density at radius 3 is 2.38 bits per heavy atom. The average Bonchev–Trinajstić information content (AvgIpc) is 3.03. The molecule has 4 aromatic rings. The van der Waals surface area contributed by atoms with Crippen LogP contribution in [-0.4, -0.2) is 9.38 Å². The van der Waals surface area contributed by atoms with Crippen molar-refractivity contribution in [1.82, 2.24) is 9.38 Å². The molecule has 0 radical (unpaired) electrons. The zero-order chi connectivity index (χ0) is 17.8. The van der Waals surface area contributed by atoms with E-state index in [1.165, 1.54) is 5.56 Å². The van der Waals surface area contributed by atoms with Crippen molar-refractivity contribution >= 4 is 39.5 Å². The molecule has 128 valence electrons. The van der Waals surface area contributed by atoms with E-state index in [2.05, 4.69) is 74.2 Å². The number of nitrogens with zero attached hydrogens (tertiary/aromatic N) is 2. The van der Waals surface area contributed by atoms with E-state index in [4.69, 9.17) is 4.98 Å². The molecular weight excluding hydrogens is 386 g/mol. The van der Waals surface area contributed by atoms with Crippen molar-refractivity contribution in [2.75, 3.05) is 5.32 Å². The SMILES string of the molecule is Brc1ccc2nc(/C=C/c3ccccc3)c(NCc3ccccc3)n2c1. The lowest BCUT2D eigenvalue weighted by atomic mass is 10.2. The van der Waals surface area contributed by atoms with Gasteiger partial charge in [-0.05, 0) is 45.3 Å². The van der Waals surface area contributed by atoms with E-state index < -0.39 is 0 Å². The Balaban J connectivity index is 1.70. The van der Waals surface area contributed by atoms with Gasteiger partial charge in [0, 0.05) is 17.2 Å². The molecule has 0 unspecified atom stereocenters. The Labute approximate surface area is 161 Å². The normalized spacial score (nSPS) is 11.3. The van der Waals surface area contributed by atoms with E-state index in [1.54, 1.807) is 0 Å². The summed E-state index contributed by atoms with van der Waals surface area (Å²) in [6, 6.07) is 24.7. The molecule has 2 aromatic carbocycles. The molecule has 0 atom stereocenters. The van der Waals surface area contributed by atoms with Crippen molar-refractivity contribution in [1.29, 1.82) is 0 Å². The van der Waals surface area contributed by atoms with E-state index in [0.717, 1.165) is 33.7 Å². The number of benzene rings is 2. The summed E-state index contributed by atoms with van der Waals surface area (Å²) in [4.78, 5) is 4.77. The lowest BCUT2D eigenvalue weighted by Crippen LogP contribution is -2.03. The van der Waals surface area contributed by atoms with E-state index in [9.17, 15) is 0 Å². The number of anilines is 1. The molecule has 0 bridgehead atoms. The minimum absolute atomic E-state index is 0.743. The van der Waals surface area contributed by atoms with Crippen LogP contribution < -0.4 is 5.32 Å². The molecule has 1 N–H and O–H groups in total. The van der Waals surface area contributed by atoms with Crippen LogP contribution in [0.25, 0.3) is 17.8 Å². The monoisotopic (exact) mass is 403 g/mol. The lowest BCUT2D eigenvalue weighted by Gasteiger charge is -2.08. The summed E-state index contributed by atoms with van der Waals surface area (Å²) in [6.45, 7) is 0.743. The van der Waals surface area contributed by atoms with Gasteiger partial charge in [0.05, 0.1) is 0 Å². The molecule has 0 amide bonds. The predicted molar refractivity (Wildman–Crippen MR) is 112 cm³/mol. The van der Waals surface area contributed by atoms with Crippen molar-refractivity contribution in [3.8, 4) is 0 Å². The first-order chi connectivity index (χ1) is 12.8. The number of aromatic nitrogens is 2. The summed E-state index contributed by atoms with van der Waals surface area (Å²) >= 11 is 3.55. The minimum atomic E-state index is 0.743. The van der Waals surface area contributed by atoms with Crippen LogP contribution in [0.15, 0.2) is 83.5 Å². The molecule has 0 fully saturated rings. The molecule has 4 heteroatoms. The lowest BCUT2D eigenvalue weighted by molar-refractivity contribution is 1.08. The maximum Gasteiger partial charge on any atom is 0.139 e. The highest BCUT2D eigenvalue weighted by Gasteiger charge is 2.10. The molecule has 0 saturated heterocycles. The molecule has 3 nitrogen and oxygen atoms in total. The maximum atomic E-state index is 4.77. The maximum absolute atomic E-state index is 4.77. The Hall–Kier alpha value is -2.85. The van der Waals surface area contributed by atoms with Gasteiger partial charge in [0.15, 0.2) is 0 Å². The first-order valence-electron chi connectivity index (χ1n) is 8.48. The second-order valence-electron chi connectivity index (χ2n) is 6.00. The number of pyridine rings is 1. The third-order valence-electron chi connectivity index (χ3n) is 4.15.